The summed E-state index contributed by atoms with van der Waals surface area (Å²) in [7, 11) is 0. The minimum Gasteiger partial charge on any atom is -0.460 e. The minimum atomic E-state index is -0.0779. The molecule has 4 aromatic rings. The Balaban J connectivity index is 1.31. The van der Waals surface area contributed by atoms with E-state index in [1.807, 2.05) is 43.5 Å². The average Bonchev–Trinajstić information content (AvgIpc) is 3.52. The van der Waals surface area contributed by atoms with Crippen molar-refractivity contribution in [2.75, 3.05) is 5.32 Å². The van der Waals surface area contributed by atoms with E-state index in [9.17, 15) is 4.79 Å². The van der Waals surface area contributed by atoms with Gasteiger partial charge in [-0.25, -0.2) is 4.98 Å². The number of carbonyl (C=O) groups is 1. The van der Waals surface area contributed by atoms with E-state index in [0.717, 1.165) is 23.8 Å². The Hall–Kier alpha value is -3.87. The standard InChI is InChI=1S/C24H22N4O3/c1-15-23(24(29)28-17-4-5-17)20-7-6-18(11-21(20)30-15)31-19-8-10-26-22(12-19)27-14-16-3-2-9-25-13-16/h2-3,6-13,17H,4-5,14H2,1H3,(H,26,27)(H,28,29). The van der Waals surface area contributed by atoms with Crippen molar-refractivity contribution in [1.82, 2.24) is 15.3 Å². The molecule has 1 saturated carbocycles. The highest BCUT2D eigenvalue weighted by atomic mass is 16.5. The number of nitrogens with zero attached hydrogens (tertiary/aromatic N) is 2. The fourth-order valence-electron chi connectivity index (χ4n) is 3.43. The Morgan fingerprint density at radius 1 is 1.16 bits per heavy atom. The van der Waals surface area contributed by atoms with Crippen molar-refractivity contribution in [2.24, 2.45) is 0 Å². The van der Waals surface area contributed by atoms with Crippen LogP contribution in [0.15, 0.2) is 65.5 Å². The van der Waals surface area contributed by atoms with Crippen LogP contribution in [0.3, 0.4) is 0 Å². The van der Waals surface area contributed by atoms with Gasteiger partial charge < -0.3 is 19.8 Å². The van der Waals surface area contributed by atoms with Gasteiger partial charge in [-0.2, -0.15) is 0 Å². The molecule has 0 saturated heterocycles. The van der Waals surface area contributed by atoms with Crippen molar-refractivity contribution in [3.05, 3.63) is 77.9 Å². The van der Waals surface area contributed by atoms with Crippen LogP contribution in [0.5, 0.6) is 11.5 Å². The number of hydrogen-bond acceptors (Lipinski definition) is 6. The number of aromatic nitrogens is 2. The van der Waals surface area contributed by atoms with Crippen molar-refractivity contribution in [1.29, 1.82) is 0 Å². The third-order valence-electron chi connectivity index (χ3n) is 5.14. The fraction of sp³-hybridized carbons (Fsp3) is 0.208. The third kappa shape index (κ3) is 4.35. The van der Waals surface area contributed by atoms with Crippen LogP contribution in [0.25, 0.3) is 11.0 Å². The molecular formula is C24H22N4O3. The Labute approximate surface area is 179 Å². The van der Waals surface area contributed by atoms with Gasteiger partial charge in [0.1, 0.15) is 28.7 Å². The van der Waals surface area contributed by atoms with E-state index in [2.05, 4.69) is 20.6 Å². The molecular weight excluding hydrogens is 392 g/mol. The summed E-state index contributed by atoms with van der Waals surface area (Å²) in [5.74, 6) is 2.51. The zero-order valence-electron chi connectivity index (χ0n) is 17.1. The lowest BCUT2D eigenvalue weighted by Gasteiger charge is -2.09. The minimum absolute atomic E-state index is 0.0779. The highest BCUT2D eigenvalue weighted by molar-refractivity contribution is 6.07. The predicted octanol–water partition coefficient (Wildman–Crippen LogP) is 4.83. The van der Waals surface area contributed by atoms with Crippen LogP contribution in [0.2, 0.25) is 0 Å². The van der Waals surface area contributed by atoms with Gasteiger partial charge in [0.15, 0.2) is 0 Å². The lowest BCUT2D eigenvalue weighted by molar-refractivity contribution is 0.0951. The van der Waals surface area contributed by atoms with Gasteiger partial charge >= 0.3 is 0 Å². The first-order chi connectivity index (χ1) is 15.2. The fourth-order valence-corrected chi connectivity index (χ4v) is 3.43. The number of aryl methyl sites for hydroxylation is 1. The van der Waals surface area contributed by atoms with Crippen molar-refractivity contribution in [2.45, 2.75) is 32.4 Å². The molecule has 3 aromatic heterocycles. The molecule has 5 rings (SSSR count). The molecule has 2 N–H and O–H groups in total. The molecule has 0 unspecified atom stereocenters. The number of benzene rings is 1. The maximum Gasteiger partial charge on any atom is 0.255 e. The number of fused-ring (bicyclic) bond motifs is 1. The smallest absolute Gasteiger partial charge is 0.255 e. The summed E-state index contributed by atoms with van der Waals surface area (Å²) in [5.41, 5.74) is 2.29. The summed E-state index contributed by atoms with van der Waals surface area (Å²) in [6.07, 6.45) is 7.34. The molecule has 7 heteroatoms. The van der Waals surface area contributed by atoms with Crippen LogP contribution in [-0.4, -0.2) is 21.9 Å². The van der Waals surface area contributed by atoms with E-state index in [0.29, 0.717) is 46.8 Å². The number of hydrogen-bond donors (Lipinski definition) is 2. The molecule has 31 heavy (non-hydrogen) atoms. The molecule has 0 aliphatic heterocycles. The molecule has 1 aliphatic rings. The number of nitrogens with one attached hydrogen (secondary N) is 2. The Kier molecular flexibility index (Phi) is 5.00. The summed E-state index contributed by atoms with van der Waals surface area (Å²) in [4.78, 5) is 21.0. The van der Waals surface area contributed by atoms with Crippen LogP contribution in [0.4, 0.5) is 5.82 Å². The molecule has 7 nitrogen and oxygen atoms in total. The van der Waals surface area contributed by atoms with E-state index in [4.69, 9.17) is 9.15 Å². The summed E-state index contributed by atoms with van der Waals surface area (Å²) >= 11 is 0. The van der Waals surface area contributed by atoms with Crippen molar-refractivity contribution in [3.63, 3.8) is 0 Å². The van der Waals surface area contributed by atoms with E-state index in [1.54, 1.807) is 24.5 Å². The van der Waals surface area contributed by atoms with Gasteiger partial charge in [0.25, 0.3) is 5.91 Å². The first-order valence-electron chi connectivity index (χ1n) is 10.3. The monoisotopic (exact) mass is 414 g/mol. The lowest BCUT2D eigenvalue weighted by atomic mass is 10.1. The molecule has 0 radical (unpaired) electrons. The number of rotatable bonds is 7. The first kappa shape index (κ1) is 19.1. The van der Waals surface area contributed by atoms with Gasteiger partial charge in [-0.3, -0.25) is 9.78 Å². The highest BCUT2D eigenvalue weighted by Crippen LogP contribution is 2.32. The average molecular weight is 414 g/mol. The van der Waals surface area contributed by atoms with E-state index in [-0.39, 0.29) is 5.91 Å². The molecule has 0 spiro atoms. The molecule has 1 amide bonds. The molecule has 0 bridgehead atoms. The number of ether oxygens (including phenoxy) is 1. The predicted molar refractivity (Wildman–Crippen MR) is 117 cm³/mol. The summed E-state index contributed by atoms with van der Waals surface area (Å²) < 4.78 is 11.9. The maximum absolute atomic E-state index is 12.5. The number of carbonyl (C=O) groups excluding carboxylic acids is 1. The molecule has 156 valence electrons. The first-order valence-corrected chi connectivity index (χ1v) is 10.3. The van der Waals surface area contributed by atoms with Crippen molar-refractivity contribution >= 4 is 22.7 Å². The topological polar surface area (TPSA) is 89.3 Å². The molecule has 1 fully saturated rings. The Morgan fingerprint density at radius 2 is 2.03 bits per heavy atom. The second kappa shape index (κ2) is 8.10. The van der Waals surface area contributed by atoms with Gasteiger partial charge in [0.05, 0.1) is 5.56 Å². The second-order valence-electron chi connectivity index (χ2n) is 7.63. The Morgan fingerprint density at radius 3 is 2.84 bits per heavy atom. The third-order valence-corrected chi connectivity index (χ3v) is 5.14. The van der Waals surface area contributed by atoms with Gasteiger partial charge in [-0.15, -0.1) is 0 Å². The number of furan rings is 1. The van der Waals surface area contributed by atoms with E-state index >= 15 is 0 Å². The van der Waals surface area contributed by atoms with Gasteiger partial charge in [-0.1, -0.05) is 6.07 Å². The second-order valence-corrected chi connectivity index (χ2v) is 7.63. The van der Waals surface area contributed by atoms with Crippen LogP contribution >= 0.6 is 0 Å². The van der Waals surface area contributed by atoms with Gasteiger partial charge in [-0.05, 0) is 49.6 Å². The SMILES string of the molecule is Cc1oc2cc(Oc3ccnc(NCc4cccnc4)c3)ccc2c1C(=O)NC1CC1. The zero-order valence-corrected chi connectivity index (χ0v) is 17.1. The van der Waals surface area contributed by atoms with Crippen molar-refractivity contribution in [3.8, 4) is 11.5 Å². The summed E-state index contributed by atoms with van der Waals surface area (Å²) in [6, 6.07) is 13.3. The highest BCUT2D eigenvalue weighted by Gasteiger charge is 2.27. The van der Waals surface area contributed by atoms with E-state index < -0.39 is 0 Å². The normalized spacial score (nSPS) is 13.2. The molecule has 0 atom stereocenters. The summed E-state index contributed by atoms with van der Waals surface area (Å²) in [5, 5.41) is 7.08. The number of pyridine rings is 2. The molecule has 1 aliphatic carbocycles. The van der Waals surface area contributed by atoms with Gasteiger partial charge in [0.2, 0.25) is 0 Å². The number of anilines is 1. The largest absolute Gasteiger partial charge is 0.460 e. The molecule has 3 heterocycles. The lowest BCUT2D eigenvalue weighted by Crippen LogP contribution is -2.25. The Bertz CT molecular complexity index is 1230. The van der Waals surface area contributed by atoms with Gasteiger partial charge in [0, 0.05) is 48.7 Å². The van der Waals surface area contributed by atoms with Crippen LogP contribution in [0, 0.1) is 6.92 Å². The van der Waals surface area contributed by atoms with Crippen molar-refractivity contribution < 1.29 is 13.9 Å². The summed E-state index contributed by atoms with van der Waals surface area (Å²) in [6.45, 7) is 2.43. The van der Waals surface area contributed by atoms with Crippen LogP contribution < -0.4 is 15.4 Å². The quantitative estimate of drug-likeness (QED) is 0.450. The number of amides is 1. The van der Waals surface area contributed by atoms with Crippen LogP contribution in [0.1, 0.15) is 34.5 Å². The van der Waals surface area contributed by atoms with Crippen LogP contribution in [-0.2, 0) is 6.54 Å². The zero-order chi connectivity index (χ0) is 21.2. The molecule has 1 aromatic carbocycles. The maximum atomic E-state index is 12.5. The van der Waals surface area contributed by atoms with E-state index in [1.165, 1.54) is 0 Å².